The molecule has 0 aliphatic rings. The maximum absolute atomic E-state index is 13.4. The monoisotopic (exact) mass is 473 g/mol. The molecule has 0 radical (unpaired) electrons. The van der Waals surface area contributed by atoms with Crippen molar-refractivity contribution >= 4 is 23.2 Å². The maximum atomic E-state index is 13.4. The number of imidazole rings is 1. The predicted octanol–water partition coefficient (Wildman–Crippen LogP) is 3.23. The van der Waals surface area contributed by atoms with E-state index in [1.807, 2.05) is 24.3 Å². The summed E-state index contributed by atoms with van der Waals surface area (Å²) >= 11 is 0. The first-order valence-electron chi connectivity index (χ1n) is 11.2. The number of rotatable bonds is 9. The van der Waals surface area contributed by atoms with E-state index in [2.05, 4.69) is 15.4 Å². The molecular weight excluding hydrogens is 446 g/mol. The van der Waals surface area contributed by atoms with Crippen LogP contribution in [0.4, 0.5) is 5.69 Å². The molecule has 0 aliphatic carbocycles. The van der Waals surface area contributed by atoms with Crippen molar-refractivity contribution in [1.82, 2.24) is 14.6 Å². The molecule has 9 nitrogen and oxygen atoms in total. The summed E-state index contributed by atoms with van der Waals surface area (Å²) in [6.45, 7) is 2.47. The van der Waals surface area contributed by atoms with Crippen LogP contribution in [-0.4, -0.2) is 46.3 Å². The number of esters is 1. The minimum atomic E-state index is -0.405. The summed E-state index contributed by atoms with van der Waals surface area (Å²) in [4.78, 5) is 30.1. The van der Waals surface area contributed by atoms with Gasteiger partial charge in [-0.05, 0) is 36.2 Å². The first-order valence-corrected chi connectivity index (χ1v) is 11.2. The van der Waals surface area contributed by atoms with Crippen LogP contribution in [0, 0.1) is 0 Å². The molecule has 1 atom stereocenters. The zero-order valence-electron chi connectivity index (χ0n) is 19.6. The van der Waals surface area contributed by atoms with E-state index >= 15 is 0 Å². The lowest BCUT2D eigenvalue weighted by Crippen LogP contribution is -2.21. The summed E-state index contributed by atoms with van der Waals surface area (Å²) in [5, 5.41) is 7.51. The Morgan fingerprint density at radius 1 is 1.14 bits per heavy atom. The summed E-state index contributed by atoms with van der Waals surface area (Å²) in [7, 11) is 1.55. The Kier molecular flexibility index (Phi) is 7.49. The van der Waals surface area contributed by atoms with Crippen LogP contribution in [0.3, 0.4) is 0 Å². The Morgan fingerprint density at radius 2 is 1.97 bits per heavy atom. The summed E-state index contributed by atoms with van der Waals surface area (Å²) in [5.74, 6) is -0.772. The van der Waals surface area contributed by atoms with E-state index in [0.29, 0.717) is 41.3 Å². The van der Waals surface area contributed by atoms with Gasteiger partial charge in [-0.3, -0.25) is 9.59 Å². The standard InChI is InChI=1S/C26H27N5O4/c1-17(16-34-2)35-24(32)13-20-7-3-4-9-22(20)29-26(33)21-14-23(30-31-11-10-28-25(21)31)19-8-5-6-18(12-19)15-27/h3-12,14,17H,13,15-16,27H2,1-2H3,(H,29,33). The van der Waals surface area contributed by atoms with Gasteiger partial charge in [0.15, 0.2) is 5.65 Å². The average Bonchev–Trinajstić information content (AvgIpc) is 3.33. The van der Waals surface area contributed by atoms with E-state index in [1.165, 1.54) is 0 Å². The largest absolute Gasteiger partial charge is 0.460 e. The zero-order valence-corrected chi connectivity index (χ0v) is 19.6. The number of amides is 1. The van der Waals surface area contributed by atoms with E-state index < -0.39 is 5.97 Å². The molecule has 9 heteroatoms. The highest BCUT2D eigenvalue weighted by atomic mass is 16.6. The molecule has 0 spiro atoms. The highest BCUT2D eigenvalue weighted by Crippen LogP contribution is 2.23. The van der Waals surface area contributed by atoms with Crippen molar-refractivity contribution in [3.8, 4) is 11.3 Å². The molecule has 0 fully saturated rings. The van der Waals surface area contributed by atoms with Gasteiger partial charge in [0.05, 0.1) is 24.3 Å². The summed E-state index contributed by atoms with van der Waals surface area (Å²) < 4.78 is 11.9. The van der Waals surface area contributed by atoms with Crippen molar-refractivity contribution < 1.29 is 19.1 Å². The van der Waals surface area contributed by atoms with Crippen LogP contribution >= 0.6 is 0 Å². The molecule has 2 heterocycles. The first-order chi connectivity index (χ1) is 17.0. The molecule has 0 bridgehead atoms. The molecule has 180 valence electrons. The average molecular weight is 474 g/mol. The molecule has 4 aromatic rings. The van der Waals surface area contributed by atoms with E-state index in [0.717, 1.165) is 11.1 Å². The van der Waals surface area contributed by atoms with Crippen LogP contribution in [-0.2, 0) is 27.2 Å². The van der Waals surface area contributed by atoms with E-state index in [9.17, 15) is 9.59 Å². The van der Waals surface area contributed by atoms with Crippen LogP contribution in [0.2, 0.25) is 0 Å². The smallest absolute Gasteiger partial charge is 0.310 e. The fraction of sp³-hybridized carbons (Fsp3) is 0.231. The van der Waals surface area contributed by atoms with Crippen molar-refractivity contribution in [3.05, 3.63) is 83.7 Å². The molecule has 1 unspecified atom stereocenters. The number of hydrogen-bond donors (Lipinski definition) is 2. The fourth-order valence-corrected chi connectivity index (χ4v) is 3.76. The third-order valence-corrected chi connectivity index (χ3v) is 5.40. The van der Waals surface area contributed by atoms with E-state index in [1.54, 1.807) is 61.3 Å². The van der Waals surface area contributed by atoms with Gasteiger partial charge in [0.1, 0.15) is 6.10 Å². The summed E-state index contributed by atoms with van der Waals surface area (Å²) in [6, 6.07) is 16.5. The topological polar surface area (TPSA) is 121 Å². The van der Waals surface area contributed by atoms with Crippen molar-refractivity contribution in [1.29, 1.82) is 0 Å². The Bertz CT molecular complexity index is 1350. The van der Waals surface area contributed by atoms with Crippen LogP contribution in [0.1, 0.15) is 28.4 Å². The summed E-state index contributed by atoms with van der Waals surface area (Å²) in [5.41, 5.74) is 10.1. The second kappa shape index (κ2) is 10.9. The molecule has 0 aliphatic heterocycles. The van der Waals surface area contributed by atoms with E-state index in [-0.39, 0.29) is 18.4 Å². The number of ether oxygens (including phenoxy) is 2. The normalized spacial score (nSPS) is 11.9. The second-order valence-corrected chi connectivity index (χ2v) is 8.09. The number of methoxy groups -OCH3 is 1. The number of carbonyl (C=O) groups excluding carboxylic acids is 2. The lowest BCUT2D eigenvalue weighted by Gasteiger charge is -2.14. The second-order valence-electron chi connectivity index (χ2n) is 8.09. The quantitative estimate of drug-likeness (QED) is 0.358. The van der Waals surface area contributed by atoms with Gasteiger partial charge in [0, 0.05) is 37.3 Å². The van der Waals surface area contributed by atoms with Crippen LogP contribution in [0.5, 0.6) is 0 Å². The maximum Gasteiger partial charge on any atom is 0.310 e. The van der Waals surface area contributed by atoms with Gasteiger partial charge in [0.25, 0.3) is 5.91 Å². The van der Waals surface area contributed by atoms with Crippen molar-refractivity contribution in [2.24, 2.45) is 5.73 Å². The van der Waals surface area contributed by atoms with Crippen LogP contribution < -0.4 is 11.1 Å². The number of fused-ring (bicyclic) bond motifs is 1. The Hall–Kier alpha value is -4.08. The Balaban J connectivity index is 1.61. The molecule has 1 amide bonds. The van der Waals surface area contributed by atoms with Gasteiger partial charge in [0.2, 0.25) is 0 Å². The van der Waals surface area contributed by atoms with Gasteiger partial charge >= 0.3 is 5.97 Å². The van der Waals surface area contributed by atoms with Crippen LogP contribution in [0.15, 0.2) is 67.0 Å². The number of carbonyl (C=O) groups is 2. The van der Waals surface area contributed by atoms with Crippen molar-refractivity contribution in [2.45, 2.75) is 26.0 Å². The van der Waals surface area contributed by atoms with Gasteiger partial charge in [-0.1, -0.05) is 36.4 Å². The lowest BCUT2D eigenvalue weighted by atomic mass is 10.1. The minimum absolute atomic E-state index is 0.0107. The predicted molar refractivity (Wildman–Crippen MR) is 132 cm³/mol. The lowest BCUT2D eigenvalue weighted by molar-refractivity contribution is -0.149. The van der Waals surface area contributed by atoms with Gasteiger partial charge in [-0.15, -0.1) is 0 Å². The third-order valence-electron chi connectivity index (χ3n) is 5.40. The number of nitrogens with one attached hydrogen (secondary N) is 1. The summed E-state index contributed by atoms with van der Waals surface area (Å²) in [6.07, 6.45) is 2.92. The molecule has 0 saturated carbocycles. The molecule has 0 saturated heterocycles. The number of para-hydroxylation sites is 1. The molecule has 35 heavy (non-hydrogen) atoms. The molecular formula is C26H27N5O4. The first kappa shape index (κ1) is 24.1. The van der Waals surface area contributed by atoms with Crippen molar-refractivity contribution in [3.63, 3.8) is 0 Å². The third kappa shape index (κ3) is 5.71. The molecule has 3 N–H and O–H groups in total. The van der Waals surface area contributed by atoms with E-state index in [4.69, 9.17) is 15.2 Å². The number of benzene rings is 2. The Morgan fingerprint density at radius 3 is 2.77 bits per heavy atom. The van der Waals surface area contributed by atoms with Gasteiger partial charge in [-0.25, -0.2) is 9.50 Å². The SMILES string of the molecule is COCC(C)OC(=O)Cc1ccccc1NC(=O)c1cc(-c2cccc(CN)c2)nn2ccnc12. The number of aromatic nitrogens is 3. The molecule has 2 aromatic heterocycles. The zero-order chi connectivity index (χ0) is 24.8. The van der Waals surface area contributed by atoms with Gasteiger partial charge in [-0.2, -0.15) is 5.10 Å². The highest BCUT2D eigenvalue weighted by molar-refractivity contribution is 6.09. The highest BCUT2D eigenvalue weighted by Gasteiger charge is 2.18. The van der Waals surface area contributed by atoms with Crippen LogP contribution in [0.25, 0.3) is 16.9 Å². The number of hydrogen-bond acceptors (Lipinski definition) is 7. The molecule has 2 aromatic carbocycles. The minimum Gasteiger partial charge on any atom is -0.460 e. The number of anilines is 1. The Labute approximate surface area is 202 Å². The fourth-order valence-electron chi connectivity index (χ4n) is 3.76. The molecule has 4 rings (SSSR count). The number of nitrogens with zero attached hydrogens (tertiary/aromatic N) is 3. The van der Waals surface area contributed by atoms with Crippen molar-refractivity contribution in [2.75, 3.05) is 19.0 Å². The van der Waals surface area contributed by atoms with Gasteiger partial charge < -0.3 is 20.5 Å². The number of nitrogens with two attached hydrogens (primary N) is 1.